The minimum absolute atomic E-state index is 0.0924. The third kappa shape index (κ3) is 3.62. The molecule has 1 aliphatic rings. The molecule has 3 aromatic rings. The van der Waals surface area contributed by atoms with Crippen molar-refractivity contribution in [3.8, 4) is 0 Å². The Bertz CT molecular complexity index is 1160. The number of alkyl halides is 2. The summed E-state index contributed by atoms with van der Waals surface area (Å²) in [6, 6.07) is 16.4. The van der Waals surface area contributed by atoms with Crippen LogP contribution in [0, 0.1) is 6.57 Å². The summed E-state index contributed by atoms with van der Waals surface area (Å²) >= 11 is 3.17. The maximum Gasteiger partial charge on any atom is 0.405 e. The number of halogens is 3. The summed E-state index contributed by atoms with van der Waals surface area (Å²) < 4.78 is 54.7. The van der Waals surface area contributed by atoms with Crippen LogP contribution in [0.1, 0.15) is 23.7 Å². The zero-order valence-electron chi connectivity index (χ0n) is 15.0. The molecule has 0 bridgehead atoms. The van der Waals surface area contributed by atoms with E-state index in [0.717, 1.165) is 0 Å². The van der Waals surface area contributed by atoms with E-state index < -0.39 is 24.9 Å². The molecule has 0 radical (unpaired) electrons. The van der Waals surface area contributed by atoms with Crippen LogP contribution in [-0.2, 0) is 19.3 Å². The van der Waals surface area contributed by atoms with Gasteiger partial charge in [0, 0.05) is 16.5 Å². The van der Waals surface area contributed by atoms with Gasteiger partial charge in [-0.2, -0.15) is 8.78 Å². The molecule has 0 aromatic heterocycles. The minimum atomic E-state index is -4.81. The van der Waals surface area contributed by atoms with Crippen LogP contribution in [0.4, 0.5) is 14.5 Å². The standard InChI is InChI=1S/C21H15BrF2NO3P/c1-25-17-8-7-15-13-19(22)18(12-16(15)11-17)21(23,24)29(26)27-10-9-20(28-29)14-5-3-2-4-6-14/h2-8,11-13,20H,9-10H2. The molecule has 1 saturated heterocycles. The Morgan fingerprint density at radius 3 is 2.59 bits per heavy atom. The SMILES string of the molecule is [C-]#[N+]c1ccc2cc(Br)c(C(F)(F)P3(=O)OCCC(c4ccccc4)O3)cc2c1. The van der Waals surface area contributed by atoms with Gasteiger partial charge in [0.2, 0.25) is 0 Å². The Balaban J connectivity index is 1.76. The second-order valence-corrected chi connectivity index (χ2v) is 9.52. The summed E-state index contributed by atoms with van der Waals surface area (Å²) in [4.78, 5) is 3.33. The molecule has 0 aliphatic carbocycles. The van der Waals surface area contributed by atoms with E-state index in [9.17, 15) is 4.57 Å². The minimum Gasteiger partial charge on any atom is -0.304 e. The monoisotopic (exact) mass is 477 g/mol. The summed E-state index contributed by atoms with van der Waals surface area (Å²) in [7, 11) is -4.81. The van der Waals surface area contributed by atoms with Crippen LogP contribution in [0.25, 0.3) is 15.6 Å². The summed E-state index contributed by atoms with van der Waals surface area (Å²) in [5.41, 5.74) is -3.37. The first-order valence-electron chi connectivity index (χ1n) is 8.81. The fraction of sp³-hybridized carbons (Fsp3) is 0.190. The van der Waals surface area contributed by atoms with E-state index in [1.807, 2.05) is 0 Å². The maximum atomic E-state index is 15.5. The van der Waals surface area contributed by atoms with Gasteiger partial charge < -0.3 is 4.52 Å². The topological polar surface area (TPSA) is 39.9 Å². The summed E-state index contributed by atoms with van der Waals surface area (Å²) in [6.45, 7) is 7.02. The quantitative estimate of drug-likeness (QED) is 0.288. The predicted octanol–water partition coefficient (Wildman–Crippen LogP) is 7.57. The van der Waals surface area contributed by atoms with Gasteiger partial charge in [-0.15, -0.1) is 0 Å². The van der Waals surface area contributed by atoms with Crippen molar-refractivity contribution in [2.24, 2.45) is 0 Å². The van der Waals surface area contributed by atoms with Crippen LogP contribution in [0.2, 0.25) is 0 Å². The molecule has 29 heavy (non-hydrogen) atoms. The second kappa shape index (κ2) is 7.62. The molecule has 3 aromatic carbocycles. The van der Waals surface area contributed by atoms with Crippen molar-refractivity contribution >= 4 is 40.0 Å². The lowest BCUT2D eigenvalue weighted by atomic mass is 10.1. The van der Waals surface area contributed by atoms with Crippen molar-refractivity contribution in [1.82, 2.24) is 0 Å². The Labute approximate surface area is 174 Å². The fourth-order valence-electron chi connectivity index (χ4n) is 3.28. The van der Waals surface area contributed by atoms with E-state index in [1.54, 1.807) is 42.5 Å². The third-order valence-electron chi connectivity index (χ3n) is 4.79. The molecule has 1 heterocycles. The molecule has 148 valence electrons. The van der Waals surface area contributed by atoms with Gasteiger partial charge in [0.25, 0.3) is 0 Å². The van der Waals surface area contributed by atoms with Crippen molar-refractivity contribution in [3.63, 3.8) is 0 Å². The molecule has 4 nitrogen and oxygen atoms in total. The van der Waals surface area contributed by atoms with Crippen LogP contribution in [0.5, 0.6) is 0 Å². The lowest BCUT2D eigenvalue weighted by molar-refractivity contribution is -0.00547. The number of nitrogens with zero attached hydrogens (tertiary/aromatic N) is 1. The summed E-state index contributed by atoms with van der Waals surface area (Å²) in [5, 5.41) is 1.12. The largest absolute Gasteiger partial charge is 0.405 e. The van der Waals surface area contributed by atoms with Gasteiger partial charge in [0.1, 0.15) is 0 Å². The van der Waals surface area contributed by atoms with Gasteiger partial charge in [0.15, 0.2) is 5.69 Å². The Morgan fingerprint density at radius 2 is 1.86 bits per heavy atom. The average Bonchev–Trinajstić information content (AvgIpc) is 2.73. The van der Waals surface area contributed by atoms with Gasteiger partial charge in [-0.1, -0.05) is 58.4 Å². The van der Waals surface area contributed by atoms with E-state index in [-0.39, 0.29) is 11.1 Å². The normalized spacial score (nSPS) is 22.3. The van der Waals surface area contributed by atoms with E-state index in [0.29, 0.717) is 28.4 Å². The van der Waals surface area contributed by atoms with Crippen molar-refractivity contribution in [3.05, 3.63) is 87.7 Å². The number of fused-ring (bicyclic) bond motifs is 1. The lowest BCUT2D eigenvalue weighted by Gasteiger charge is -2.34. The smallest absolute Gasteiger partial charge is 0.304 e. The Hall–Kier alpha value is -2.10. The van der Waals surface area contributed by atoms with E-state index >= 15 is 8.78 Å². The maximum absolute atomic E-state index is 15.5. The molecule has 2 atom stereocenters. The highest BCUT2D eigenvalue weighted by molar-refractivity contribution is 9.10. The van der Waals surface area contributed by atoms with Crippen molar-refractivity contribution in [1.29, 1.82) is 0 Å². The fourth-order valence-corrected chi connectivity index (χ4v) is 5.78. The first-order chi connectivity index (χ1) is 13.8. The van der Waals surface area contributed by atoms with E-state index in [2.05, 4.69) is 20.8 Å². The highest BCUT2D eigenvalue weighted by atomic mass is 79.9. The average molecular weight is 478 g/mol. The molecule has 0 saturated carbocycles. The predicted molar refractivity (Wildman–Crippen MR) is 110 cm³/mol. The molecule has 0 amide bonds. The van der Waals surface area contributed by atoms with Gasteiger partial charge >= 0.3 is 13.3 Å². The lowest BCUT2D eigenvalue weighted by Crippen LogP contribution is -2.24. The molecular weight excluding hydrogens is 463 g/mol. The van der Waals surface area contributed by atoms with E-state index in [1.165, 1.54) is 18.2 Å². The van der Waals surface area contributed by atoms with Gasteiger partial charge in [-0.3, -0.25) is 9.09 Å². The van der Waals surface area contributed by atoms with Crippen molar-refractivity contribution < 1.29 is 22.4 Å². The Morgan fingerprint density at radius 1 is 1.10 bits per heavy atom. The molecule has 1 aliphatic heterocycles. The highest BCUT2D eigenvalue weighted by Gasteiger charge is 2.58. The Kier molecular flexibility index (Phi) is 5.30. The molecule has 8 heteroatoms. The number of benzene rings is 3. The van der Waals surface area contributed by atoms with Crippen LogP contribution in [-0.4, -0.2) is 6.61 Å². The molecular formula is C21H15BrF2NO3P. The third-order valence-corrected chi connectivity index (χ3v) is 7.42. The number of hydrogen-bond acceptors (Lipinski definition) is 3. The summed E-state index contributed by atoms with van der Waals surface area (Å²) in [5.74, 6) is 0. The molecule has 0 N–H and O–H groups in total. The van der Waals surface area contributed by atoms with E-state index in [4.69, 9.17) is 15.6 Å². The van der Waals surface area contributed by atoms with Crippen molar-refractivity contribution in [2.45, 2.75) is 18.2 Å². The van der Waals surface area contributed by atoms with Crippen LogP contribution in [0.15, 0.2) is 65.1 Å². The van der Waals surface area contributed by atoms with Crippen molar-refractivity contribution in [2.75, 3.05) is 6.61 Å². The van der Waals surface area contributed by atoms with Crippen LogP contribution in [0.3, 0.4) is 0 Å². The van der Waals surface area contributed by atoms with Gasteiger partial charge in [-0.25, -0.2) is 4.85 Å². The first kappa shape index (κ1) is 20.2. The van der Waals surface area contributed by atoms with Gasteiger partial charge in [0.05, 0.1) is 19.3 Å². The number of rotatable bonds is 3. The zero-order chi connectivity index (χ0) is 20.6. The summed E-state index contributed by atoms with van der Waals surface area (Å²) in [6.07, 6.45) is -0.410. The molecule has 1 fully saturated rings. The molecule has 0 spiro atoms. The first-order valence-corrected chi connectivity index (χ1v) is 11.1. The molecule has 4 rings (SSSR count). The zero-order valence-corrected chi connectivity index (χ0v) is 17.5. The van der Waals surface area contributed by atoms with Gasteiger partial charge in [-0.05, 0) is 34.5 Å². The number of hydrogen-bond donors (Lipinski definition) is 0. The molecule has 2 unspecified atom stereocenters. The highest BCUT2D eigenvalue weighted by Crippen LogP contribution is 2.71. The van der Waals surface area contributed by atoms with Crippen LogP contribution < -0.4 is 0 Å². The second-order valence-electron chi connectivity index (χ2n) is 6.64. The van der Waals surface area contributed by atoms with Crippen LogP contribution >= 0.6 is 23.5 Å².